The summed E-state index contributed by atoms with van der Waals surface area (Å²) in [7, 11) is 0. The molecule has 164 valence electrons. The number of nitrogens with one attached hydrogen (secondary N) is 1. The van der Waals surface area contributed by atoms with Crippen LogP contribution in [-0.2, 0) is 12.4 Å². The molecular formula is C20H17BrF7NO. The molecule has 2 aromatic carbocycles. The van der Waals surface area contributed by atoms with Crippen molar-refractivity contribution < 1.29 is 35.5 Å². The van der Waals surface area contributed by atoms with Crippen LogP contribution in [0.3, 0.4) is 0 Å². The second kappa shape index (κ2) is 9.91. The number of carbonyl (C=O) groups is 1. The Morgan fingerprint density at radius 1 is 0.933 bits per heavy atom. The maximum atomic E-state index is 13.1. The molecule has 0 saturated carbocycles. The fourth-order valence-electron chi connectivity index (χ4n) is 2.83. The molecule has 0 heterocycles. The highest BCUT2D eigenvalue weighted by molar-refractivity contribution is 9.09. The van der Waals surface area contributed by atoms with E-state index >= 15 is 0 Å². The first-order valence-electron chi connectivity index (χ1n) is 8.76. The number of Topliss-reactive ketones (excluding diaryl/α,β-unsaturated/α-hetero) is 1. The lowest BCUT2D eigenvalue weighted by molar-refractivity contribution is -0.143. The maximum absolute atomic E-state index is 13.1. The fraction of sp³-hybridized carbons (Fsp3) is 0.350. The molecule has 0 radical (unpaired) electrons. The number of hydrogen-bond acceptors (Lipinski definition) is 2. The van der Waals surface area contributed by atoms with Crippen LogP contribution in [0.4, 0.5) is 30.7 Å². The minimum atomic E-state index is -5.02. The molecule has 0 spiro atoms. The summed E-state index contributed by atoms with van der Waals surface area (Å²) in [5.74, 6) is -1.45. The molecule has 0 saturated heterocycles. The molecule has 10 heteroatoms. The Morgan fingerprint density at radius 3 is 1.93 bits per heavy atom. The van der Waals surface area contributed by atoms with Crippen molar-refractivity contribution >= 4 is 21.7 Å². The van der Waals surface area contributed by atoms with Crippen molar-refractivity contribution in [3.05, 3.63) is 70.5 Å². The monoisotopic (exact) mass is 499 g/mol. The van der Waals surface area contributed by atoms with Gasteiger partial charge in [-0.1, -0.05) is 28.1 Å². The number of benzene rings is 2. The molecule has 2 aromatic rings. The van der Waals surface area contributed by atoms with Crippen LogP contribution >= 0.6 is 15.9 Å². The average Bonchev–Trinajstić information content (AvgIpc) is 2.66. The van der Waals surface area contributed by atoms with E-state index in [4.69, 9.17) is 0 Å². The topological polar surface area (TPSA) is 29.1 Å². The van der Waals surface area contributed by atoms with Gasteiger partial charge in [0.25, 0.3) is 0 Å². The van der Waals surface area contributed by atoms with E-state index in [9.17, 15) is 35.5 Å². The number of hydrogen-bond donors (Lipinski definition) is 1. The van der Waals surface area contributed by atoms with Crippen LogP contribution in [0.2, 0.25) is 0 Å². The zero-order chi connectivity index (χ0) is 22.5. The molecule has 1 atom stereocenters. The zero-order valence-electron chi connectivity index (χ0n) is 15.4. The second-order valence-electron chi connectivity index (χ2n) is 6.57. The van der Waals surface area contributed by atoms with E-state index < -0.39 is 47.2 Å². The lowest BCUT2D eigenvalue weighted by Crippen LogP contribution is -2.28. The van der Waals surface area contributed by atoms with Gasteiger partial charge in [-0.3, -0.25) is 4.79 Å². The molecule has 0 aliphatic rings. The summed E-state index contributed by atoms with van der Waals surface area (Å²) in [5.41, 5.74) is -2.97. The average molecular weight is 500 g/mol. The first-order valence-corrected chi connectivity index (χ1v) is 9.88. The maximum Gasteiger partial charge on any atom is 0.416 e. The minimum absolute atomic E-state index is 0.0230. The zero-order valence-corrected chi connectivity index (χ0v) is 17.0. The van der Waals surface area contributed by atoms with Gasteiger partial charge in [0.05, 0.1) is 17.7 Å². The molecule has 0 unspecified atom stereocenters. The molecule has 30 heavy (non-hydrogen) atoms. The summed E-state index contributed by atoms with van der Waals surface area (Å²) in [5, 5.41) is 3.38. The summed E-state index contributed by atoms with van der Waals surface area (Å²) in [6, 6.07) is 6.52. The predicted molar refractivity (Wildman–Crippen MR) is 101 cm³/mol. The molecular weight excluding hydrogens is 483 g/mol. The fourth-order valence-corrected chi connectivity index (χ4v) is 3.38. The molecule has 0 aliphatic carbocycles. The van der Waals surface area contributed by atoms with Crippen LogP contribution < -0.4 is 5.32 Å². The Labute approximate surface area is 176 Å². The van der Waals surface area contributed by atoms with E-state index in [1.54, 1.807) is 12.1 Å². The molecule has 0 bridgehead atoms. The van der Waals surface area contributed by atoms with Gasteiger partial charge < -0.3 is 5.32 Å². The summed E-state index contributed by atoms with van der Waals surface area (Å²) in [4.78, 5) is 12.3. The number of ketones is 1. The molecule has 2 nitrogen and oxygen atoms in total. The molecule has 0 aromatic heterocycles. The van der Waals surface area contributed by atoms with Gasteiger partial charge in [-0.25, -0.2) is 4.39 Å². The molecule has 0 fully saturated rings. The molecule has 0 amide bonds. The highest BCUT2D eigenvalue weighted by Crippen LogP contribution is 2.36. The molecule has 2 rings (SSSR count). The SMILES string of the molecule is O=C(CNC[C@@H](CCBr)c1ccc(F)cc1)c1cc(C(F)(F)F)cc(C(F)(F)F)c1. The normalized spacial score (nSPS) is 13.3. The number of halogens is 8. The Bertz CT molecular complexity index is 831. The van der Waals surface area contributed by atoms with E-state index in [2.05, 4.69) is 21.2 Å². The van der Waals surface area contributed by atoms with Gasteiger partial charge in [0, 0.05) is 17.4 Å². The summed E-state index contributed by atoms with van der Waals surface area (Å²) in [6.45, 7) is -0.216. The van der Waals surface area contributed by atoms with Gasteiger partial charge in [-0.2, -0.15) is 26.3 Å². The van der Waals surface area contributed by atoms with E-state index in [0.29, 0.717) is 23.9 Å². The van der Waals surface area contributed by atoms with Crippen molar-refractivity contribution in [3.63, 3.8) is 0 Å². The van der Waals surface area contributed by atoms with Gasteiger partial charge >= 0.3 is 12.4 Å². The van der Waals surface area contributed by atoms with Gasteiger partial charge in [-0.05, 0) is 48.2 Å². The third-order valence-electron chi connectivity index (χ3n) is 4.38. The quantitative estimate of drug-likeness (QED) is 0.266. The number of rotatable bonds is 8. The highest BCUT2D eigenvalue weighted by Gasteiger charge is 2.37. The number of alkyl halides is 7. The summed E-state index contributed by atoms with van der Waals surface area (Å²) < 4.78 is 90.7. The smallest absolute Gasteiger partial charge is 0.309 e. The lowest BCUT2D eigenvalue weighted by atomic mass is 9.96. The van der Waals surface area contributed by atoms with Gasteiger partial charge in [-0.15, -0.1) is 0 Å². The Morgan fingerprint density at radius 2 is 1.47 bits per heavy atom. The van der Waals surface area contributed by atoms with Gasteiger partial charge in [0.15, 0.2) is 5.78 Å². The van der Waals surface area contributed by atoms with Crippen LogP contribution in [0.15, 0.2) is 42.5 Å². The second-order valence-corrected chi connectivity index (χ2v) is 7.37. The highest BCUT2D eigenvalue weighted by atomic mass is 79.9. The van der Waals surface area contributed by atoms with Crippen molar-refractivity contribution in [3.8, 4) is 0 Å². The van der Waals surface area contributed by atoms with Crippen molar-refractivity contribution in [2.75, 3.05) is 18.4 Å². The lowest BCUT2D eigenvalue weighted by Gasteiger charge is -2.17. The Kier molecular flexibility index (Phi) is 8.04. The Balaban J connectivity index is 2.13. The standard InChI is InChI=1S/C20H17BrF7NO/c21-6-5-13(12-1-3-17(22)4-2-12)10-29-11-18(30)14-7-15(19(23,24)25)9-16(8-14)20(26,27)28/h1-4,7-9,13,29H,5-6,10-11H2/t13-/m1/s1. The van der Waals surface area contributed by atoms with Crippen molar-refractivity contribution in [1.29, 1.82) is 0 Å². The van der Waals surface area contributed by atoms with Crippen LogP contribution in [0, 0.1) is 5.82 Å². The van der Waals surface area contributed by atoms with E-state index in [-0.39, 0.29) is 18.5 Å². The van der Waals surface area contributed by atoms with E-state index in [1.165, 1.54) is 12.1 Å². The third-order valence-corrected chi connectivity index (χ3v) is 4.84. The third kappa shape index (κ3) is 6.80. The first-order chi connectivity index (χ1) is 13.9. The summed E-state index contributed by atoms with van der Waals surface area (Å²) in [6.07, 6.45) is -9.42. The predicted octanol–water partition coefficient (Wildman–Crippen LogP) is 6.20. The first kappa shape index (κ1) is 24.3. The Hall–Kier alpha value is -1.94. The van der Waals surface area contributed by atoms with Crippen LogP contribution in [0.5, 0.6) is 0 Å². The van der Waals surface area contributed by atoms with Gasteiger partial charge in [0.1, 0.15) is 5.82 Å². The largest absolute Gasteiger partial charge is 0.416 e. The van der Waals surface area contributed by atoms with E-state index in [0.717, 1.165) is 5.56 Å². The minimum Gasteiger partial charge on any atom is -0.309 e. The summed E-state index contributed by atoms with van der Waals surface area (Å²) >= 11 is 3.29. The van der Waals surface area contributed by atoms with Crippen molar-refractivity contribution in [2.24, 2.45) is 0 Å². The van der Waals surface area contributed by atoms with Crippen molar-refractivity contribution in [1.82, 2.24) is 5.32 Å². The van der Waals surface area contributed by atoms with Crippen LogP contribution in [-0.4, -0.2) is 24.2 Å². The van der Waals surface area contributed by atoms with Crippen LogP contribution in [0.25, 0.3) is 0 Å². The van der Waals surface area contributed by atoms with Crippen LogP contribution in [0.1, 0.15) is 39.4 Å². The molecule has 1 N–H and O–H groups in total. The van der Waals surface area contributed by atoms with Crippen molar-refractivity contribution in [2.45, 2.75) is 24.7 Å². The molecule has 0 aliphatic heterocycles. The number of carbonyl (C=O) groups excluding carboxylic acids is 1. The van der Waals surface area contributed by atoms with E-state index in [1.807, 2.05) is 0 Å². The van der Waals surface area contributed by atoms with Gasteiger partial charge in [0.2, 0.25) is 0 Å².